The van der Waals surface area contributed by atoms with Crippen LogP contribution in [-0.2, 0) is 11.2 Å². The normalized spacial score (nSPS) is 22.7. The van der Waals surface area contributed by atoms with Crippen LogP contribution in [0.15, 0.2) is 24.2 Å². The van der Waals surface area contributed by atoms with Gasteiger partial charge in [0.15, 0.2) is 5.78 Å². The molecule has 88 valence electrons. The lowest BCUT2D eigenvalue weighted by Gasteiger charge is -2.21. The molecule has 0 aliphatic carbocycles. The zero-order valence-corrected chi connectivity index (χ0v) is 9.99. The predicted octanol–water partition coefficient (Wildman–Crippen LogP) is 2.48. The Balaban J connectivity index is 3.73. The number of hydrogen-bond donors (Lipinski definition) is 1. The van der Waals surface area contributed by atoms with Crippen LogP contribution < -0.4 is 5.73 Å². The molecule has 0 unspecified atom stereocenters. The summed E-state index contributed by atoms with van der Waals surface area (Å²) in [5.41, 5.74) is 4.00. The molecule has 0 saturated carbocycles. The first-order valence-corrected chi connectivity index (χ1v) is 4.99. The van der Waals surface area contributed by atoms with E-state index in [0.717, 1.165) is 0 Å². The van der Waals surface area contributed by atoms with Crippen LogP contribution in [-0.4, -0.2) is 11.8 Å². The van der Waals surface area contributed by atoms with Crippen LogP contribution in [0.5, 0.6) is 0 Å². The second kappa shape index (κ2) is 4.79. The summed E-state index contributed by atoms with van der Waals surface area (Å²) in [7, 11) is 0. The summed E-state index contributed by atoms with van der Waals surface area (Å²) in [4.78, 5) is 12.4. The molecule has 0 radical (unpaired) electrons. The minimum absolute atomic E-state index is 0.00360. The zero-order valence-electron chi connectivity index (χ0n) is 17.0. The average Bonchev–Trinajstić information content (AvgIpc) is 2.40. The highest BCUT2D eigenvalue weighted by Gasteiger charge is 2.26. The van der Waals surface area contributed by atoms with Crippen LogP contribution >= 0.6 is 0 Å². The van der Waals surface area contributed by atoms with Crippen molar-refractivity contribution in [2.24, 2.45) is 11.1 Å². The van der Waals surface area contributed by atoms with Crippen molar-refractivity contribution in [1.82, 2.24) is 0 Å². The van der Waals surface area contributed by atoms with Gasteiger partial charge in [-0.3, -0.25) is 4.79 Å². The molecule has 2 nitrogen and oxygen atoms in total. The molecule has 0 amide bonds. The van der Waals surface area contributed by atoms with Crippen LogP contribution in [0.3, 0.4) is 0 Å². The standard InChI is InChI=1S/C14H21NO/c1-10-6-5-7-11(8-10)9-12(15)13(16)14(2,3)4/h5-8,12H,9,15H2,1-4H3/t12-/m0/s1/i5D,6D,7D,8D,9D2,12D. The number of Topliss-reactive ketones (excluding diaryl/α,β-unsaturated/α-hetero) is 1. The maximum Gasteiger partial charge on any atom is 0.155 e. The van der Waals surface area contributed by atoms with E-state index < -0.39 is 47.3 Å². The van der Waals surface area contributed by atoms with Gasteiger partial charge in [0.05, 0.1) is 12.9 Å². The van der Waals surface area contributed by atoms with Gasteiger partial charge >= 0.3 is 0 Å². The number of hydrogen-bond acceptors (Lipinski definition) is 2. The summed E-state index contributed by atoms with van der Waals surface area (Å²) >= 11 is 0. The van der Waals surface area contributed by atoms with Crippen molar-refractivity contribution in [1.29, 1.82) is 0 Å². The number of rotatable bonds is 3. The largest absolute Gasteiger partial charge is 0.321 e. The highest BCUT2D eigenvalue weighted by Crippen LogP contribution is 2.18. The van der Waals surface area contributed by atoms with E-state index in [2.05, 4.69) is 0 Å². The van der Waals surface area contributed by atoms with Crippen molar-refractivity contribution in [3.05, 3.63) is 35.3 Å². The van der Waals surface area contributed by atoms with Crippen LogP contribution in [0.25, 0.3) is 0 Å². The van der Waals surface area contributed by atoms with Crippen molar-refractivity contribution < 1.29 is 14.4 Å². The highest BCUT2D eigenvalue weighted by molar-refractivity contribution is 5.88. The fourth-order valence-corrected chi connectivity index (χ4v) is 1.10. The van der Waals surface area contributed by atoms with Gasteiger partial charge in [0.1, 0.15) is 0 Å². The Morgan fingerprint density at radius 1 is 1.62 bits per heavy atom. The van der Waals surface area contributed by atoms with Gasteiger partial charge in [0, 0.05) is 8.16 Å². The van der Waals surface area contributed by atoms with Crippen molar-refractivity contribution in [2.75, 3.05) is 0 Å². The van der Waals surface area contributed by atoms with Gasteiger partial charge in [-0.15, -0.1) is 0 Å². The quantitative estimate of drug-likeness (QED) is 0.860. The molecule has 0 aliphatic rings. The van der Waals surface area contributed by atoms with E-state index in [1.54, 1.807) is 0 Å². The maximum atomic E-state index is 12.4. The first-order chi connectivity index (χ1) is 10.1. The molecule has 1 atom stereocenters. The van der Waals surface area contributed by atoms with Crippen LogP contribution in [0.2, 0.25) is 0 Å². The molecular weight excluding hydrogens is 198 g/mol. The predicted molar refractivity (Wildman–Crippen MR) is 67.3 cm³/mol. The average molecular weight is 226 g/mol. The molecule has 0 aromatic heterocycles. The SMILES string of the molecule is [2H]c1c([2H])c(C)c([2H])c(C([2H])([2H])[C@]([2H])(N)C(=O)C(C)(C)C)c1[2H]. The molecule has 1 aromatic rings. The Hall–Kier alpha value is -1.15. The van der Waals surface area contributed by atoms with E-state index in [1.807, 2.05) is 0 Å². The molecule has 16 heavy (non-hydrogen) atoms. The van der Waals surface area contributed by atoms with Gasteiger partial charge in [-0.1, -0.05) is 50.5 Å². The molecule has 1 rings (SSSR count). The summed E-state index contributed by atoms with van der Waals surface area (Å²) in [5, 5.41) is 0. The molecule has 0 spiro atoms. The first-order valence-electron chi connectivity index (χ1n) is 8.49. The monoisotopic (exact) mass is 226 g/mol. The summed E-state index contributed by atoms with van der Waals surface area (Å²) in [5.74, 6) is -0.882. The maximum absolute atomic E-state index is 12.4. The summed E-state index contributed by atoms with van der Waals surface area (Å²) < 4.78 is 55.7. The number of nitrogens with two attached hydrogens (primary N) is 1. The highest BCUT2D eigenvalue weighted by atomic mass is 16.1. The second-order valence-corrected chi connectivity index (χ2v) is 4.62. The molecule has 2 heteroatoms. The summed E-state index contributed by atoms with van der Waals surface area (Å²) in [6.07, 6.45) is -2.86. The summed E-state index contributed by atoms with van der Waals surface area (Å²) in [6, 6.07) is -4.82. The van der Waals surface area contributed by atoms with E-state index in [4.69, 9.17) is 15.3 Å². The third kappa shape index (κ3) is 3.46. The second-order valence-electron chi connectivity index (χ2n) is 4.62. The third-order valence-electron chi connectivity index (χ3n) is 1.94. The molecule has 1 aromatic carbocycles. The Labute approximate surface area is 108 Å². The van der Waals surface area contributed by atoms with Gasteiger partial charge in [-0.25, -0.2) is 0 Å². The van der Waals surface area contributed by atoms with Crippen molar-refractivity contribution >= 4 is 5.78 Å². The molecule has 2 N–H and O–H groups in total. The number of ketones is 1. The van der Waals surface area contributed by atoms with Gasteiger partial charge in [0.2, 0.25) is 0 Å². The number of carbonyl (C=O) groups is 1. The molecule has 0 bridgehead atoms. The van der Waals surface area contributed by atoms with E-state index in [-0.39, 0.29) is 11.6 Å². The minimum atomic E-state index is -2.86. The van der Waals surface area contributed by atoms with Gasteiger partial charge < -0.3 is 5.73 Å². The molecule has 0 aliphatic heterocycles. The fraction of sp³-hybridized carbons (Fsp3) is 0.500. The van der Waals surface area contributed by atoms with Crippen LogP contribution in [0, 0.1) is 12.3 Å². The van der Waals surface area contributed by atoms with E-state index in [0.29, 0.717) is 0 Å². The van der Waals surface area contributed by atoms with Gasteiger partial charge in [-0.2, -0.15) is 0 Å². The van der Waals surface area contributed by atoms with Gasteiger partial charge in [-0.05, 0) is 18.9 Å². The van der Waals surface area contributed by atoms with Crippen LogP contribution in [0.4, 0.5) is 0 Å². The van der Waals surface area contributed by atoms with Crippen LogP contribution in [0.1, 0.15) is 41.5 Å². The Morgan fingerprint density at radius 2 is 2.25 bits per heavy atom. The van der Waals surface area contributed by atoms with E-state index >= 15 is 0 Å². The number of benzene rings is 1. The van der Waals surface area contributed by atoms with Gasteiger partial charge in [0.25, 0.3) is 0 Å². The number of carbonyl (C=O) groups excluding carboxylic acids is 1. The summed E-state index contributed by atoms with van der Waals surface area (Å²) in [6.45, 7) is 5.85. The Morgan fingerprint density at radius 3 is 2.81 bits per heavy atom. The minimum Gasteiger partial charge on any atom is -0.321 e. The lowest BCUT2D eigenvalue weighted by Crippen LogP contribution is -2.40. The van der Waals surface area contributed by atoms with E-state index in [1.165, 1.54) is 27.7 Å². The first kappa shape index (κ1) is 5.97. The Kier molecular flexibility index (Phi) is 1.79. The molecule has 0 saturated heterocycles. The smallest absolute Gasteiger partial charge is 0.155 e. The van der Waals surface area contributed by atoms with Crippen molar-refractivity contribution in [2.45, 2.75) is 40.1 Å². The van der Waals surface area contributed by atoms with E-state index in [9.17, 15) is 4.79 Å². The topological polar surface area (TPSA) is 43.1 Å². The molecule has 0 heterocycles. The molecular formula is C14H21NO. The fourth-order valence-electron chi connectivity index (χ4n) is 1.10. The van der Waals surface area contributed by atoms with Crippen molar-refractivity contribution in [3.8, 4) is 0 Å². The Bertz CT molecular complexity index is 633. The zero-order chi connectivity index (χ0) is 18.5. The third-order valence-corrected chi connectivity index (χ3v) is 1.94. The molecule has 0 fully saturated rings. The van der Waals surface area contributed by atoms with Crippen molar-refractivity contribution in [3.63, 3.8) is 0 Å². The lowest BCUT2D eigenvalue weighted by atomic mass is 9.84. The lowest BCUT2D eigenvalue weighted by molar-refractivity contribution is -0.127.